The minimum Gasteiger partial charge on any atom is -0.237 e. The minimum atomic E-state index is -3.65. The molecule has 2 rings (SSSR count). The topological polar surface area (TPSA) is 55.2 Å². The molecule has 1 atom stereocenters. The Morgan fingerprint density at radius 2 is 2.09 bits per heavy atom. The number of hydrogen-bond acceptors (Lipinski definition) is 4. The molecule has 0 radical (unpaired) electrons. The monoisotopic (exact) mass is 343 g/mol. The average molecular weight is 343 g/mol. The highest BCUT2D eigenvalue weighted by Gasteiger charge is 2.26. The van der Waals surface area contributed by atoms with E-state index in [1.807, 2.05) is 13.2 Å². The molecule has 120 valence electrons. The number of halogens is 1. The molecule has 0 fully saturated rings. The minimum absolute atomic E-state index is 0.0474. The van der Waals surface area contributed by atoms with Crippen LogP contribution in [0.15, 0.2) is 41.6 Å². The van der Waals surface area contributed by atoms with Crippen LogP contribution in [-0.2, 0) is 10.0 Å². The number of rotatable bonds is 6. The Labute approximate surface area is 134 Å². The van der Waals surface area contributed by atoms with Gasteiger partial charge in [-0.05, 0) is 25.3 Å². The van der Waals surface area contributed by atoms with Crippen molar-refractivity contribution in [3.8, 4) is 5.69 Å². The Morgan fingerprint density at radius 1 is 1.41 bits per heavy atom. The maximum atomic E-state index is 13.7. The van der Waals surface area contributed by atoms with E-state index >= 15 is 0 Å². The van der Waals surface area contributed by atoms with Crippen molar-refractivity contribution in [1.29, 1.82) is 0 Å². The smallest absolute Gasteiger partial charge is 0.237 e. The molecule has 0 spiro atoms. The van der Waals surface area contributed by atoms with Gasteiger partial charge in [0.15, 0.2) is 0 Å². The van der Waals surface area contributed by atoms with Crippen LogP contribution in [-0.4, -0.2) is 47.6 Å². The van der Waals surface area contributed by atoms with E-state index in [2.05, 4.69) is 5.10 Å². The van der Waals surface area contributed by atoms with Crippen molar-refractivity contribution in [2.24, 2.45) is 0 Å². The molecule has 0 saturated carbocycles. The number of hydrogen-bond donors (Lipinski definition) is 0. The first-order valence-electron chi connectivity index (χ1n) is 6.64. The highest BCUT2D eigenvalue weighted by atomic mass is 32.2. The summed E-state index contributed by atoms with van der Waals surface area (Å²) in [7, 11) is -2.11. The molecule has 2 aromatic rings. The zero-order valence-corrected chi connectivity index (χ0v) is 14.2. The van der Waals surface area contributed by atoms with Crippen LogP contribution in [0.3, 0.4) is 0 Å². The van der Waals surface area contributed by atoms with Crippen molar-refractivity contribution in [2.45, 2.75) is 17.9 Å². The third-order valence-electron chi connectivity index (χ3n) is 3.36. The SMILES string of the molecule is CSCC(C)N(C)S(=O)(=O)c1cnn(-c2ccccc2F)c1. The predicted octanol–water partition coefficient (Wildman–Crippen LogP) is 2.38. The fraction of sp³-hybridized carbons (Fsp3) is 0.357. The Hall–Kier alpha value is -1.38. The maximum Gasteiger partial charge on any atom is 0.246 e. The van der Waals surface area contributed by atoms with Gasteiger partial charge < -0.3 is 0 Å². The fourth-order valence-corrected chi connectivity index (χ4v) is 4.05. The number of thioether (sulfide) groups is 1. The second kappa shape index (κ2) is 6.80. The van der Waals surface area contributed by atoms with E-state index in [4.69, 9.17) is 0 Å². The zero-order valence-electron chi connectivity index (χ0n) is 12.6. The zero-order chi connectivity index (χ0) is 16.3. The molecular weight excluding hydrogens is 325 g/mol. The van der Waals surface area contributed by atoms with Crippen LogP contribution in [0.4, 0.5) is 4.39 Å². The average Bonchev–Trinajstić information content (AvgIpc) is 2.97. The predicted molar refractivity (Wildman–Crippen MR) is 86.3 cm³/mol. The molecule has 1 aromatic heterocycles. The van der Waals surface area contributed by atoms with Crippen LogP contribution in [0.25, 0.3) is 5.69 Å². The Bertz CT molecular complexity index is 746. The van der Waals surface area contributed by atoms with E-state index in [0.29, 0.717) is 5.75 Å². The lowest BCUT2D eigenvalue weighted by molar-refractivity contribution is 0.415. The molecule has 8 heteroatoms. The van der Waals surface area contributed by atoms with Gasteiger partial charge >= 0.3 is 0 Å². The van der Waals surface area contributed by atoms with Gasteiger partial charge in [-0.3, -0.25) is 0 Å². The van der Waals surface area contributed by atoms with Crippen LogP contribution in [0.1, 0.15) is 6.92 Å². The quantitative estimate of drug-likeness (QED) is 0.808. The van der Waals surface area contributed by atoms with Crippen molar-refractivity contribution in [3.63, 3.8) is 0 Å². The van der Waals surface area contributed by atoms with Gasteiger partial charge in [0.2, 0.25) is 10.0 Å². The molecule has 22 heavy (non-hydrogen) atoms. The van der Waals surface area contributed by atoms with Gasteiger partial charge in [-0.1, -0.05) is 12.1 Å². The fourth-order valence-electron chi connectivity index (χ4n) is 1.96. The molecule has 0 aliphatic rings. The lowest BCUT2D eigenvalue weighted by Gasteiger charge is -2.22. The van der Waals surface area contributed by atoms with Gasteiger partial charge in [0, 0.05) is 18.8 Å². The molecule has 0 aliphatic heterocycles. The van der Waals surface area contributed by atoms with Gasteiger partial charge in [-0.15, -0.1) is 0 Å². The van der Waals surface area contributed by atoms with E-state index in [-0.39, 0.29) is 16.6 Å². The molecule has 1 heterocycles. The first-order valence-corrected chi connectivity index (χ1v) is 9.48. The molecule has 0 amide bonds. The summed E-state index contributed by atoms with van der Waals surface area (Å²) in [6.07, 6.45) is 4.49. The van der Waals surface area contributed by atoms with Gasteiger partial charge in [0.25, 0.3) is 0 Å². The Morgan fingerprint density at radius 3 is 2.73 bits per heavy atom. The van der Waals surface area contributed by atoms with E-state index in [1.54, 1.807) is 30.0 Å². The van der Waals surface area contributed by atoms with Gasteiger partial charge in [0.05, 0.1) is 12.4 Å². The molecule has 1 unspecified atom stereocenters. The molecule has 0 N–H and O–H groups in total. The van der Waals surface area contributed by atoms with Crippen molar-refractivity contribution >= 4 is 21.8 Å². The second-order valence-corrected chi connectivity index (χ2v) is 7.81. The van der Waals surface area contributed by atoms with Crippen molar-refractivity contribution in [2.75, 3.05) is 19.1 Å². The molecule has 0 saturated heterocycles. The lowest BCUT2D eigenvalue weighted by atomic mass is 10.3. The van der Waals surface area contributed by atoms with Gasteiger partial charge in [0.1, 0.15) is 16.4 Å². The summed E-state index contributed by atoms with van der Waals surface area (Å²) >= 11 is 1.58. The van der Waals surface area contributed by atoms with E-state index in [9.17, 15) is 12.8 Å². The molecular formula is C14H18FN3O2S2. The molecule has 5 nitrogen and oxygen atoms in total. The van der Waals surface area contributed by atoms with Crippen LogP contribution in [0.5, 0.6) is 0 Å². The first kappa shape index (κ1) is 17.0. The van der Waals surface area contributed by atoms with Crippen LogP contribution in [0, 0.1) is 5.82 Å². The van der Waals surface area contributed by atoms with Crippen LogP contribution in [0.2, 0.25) is 0 Å². The van der Waals surface area contributed by atoms with Crippen molar-refractivity contribution in [1.82, 2.24) is 14.1 Å². The van der Waals surface area contributed by atoms with Crippen LogP contribution >= 0.6 is 11.8 Å². The van der Waals surface area contributed by atoms with E-state index in [1.165, 1.54) is 34.5 Å². The Balaban J connectivity index is 2.33. The largest absolute Gasteiger partial charge is 0.246 e. The summed E-state index contributed by atoms with van der Waals surface area (Å²) in [6, 6.07) is 5.94. The standard InChI is InChI=1S/C14H18FN3O2S2/c1-11(10-21-3)17(2)22(19,20)12-8-16-18(9-12)14-7-5-4-6-13(14)15/h4-9,11H,10H2,1-3H3. The molecule has 0 bridgehead atoms. The second-order valence-electron chi connectivity index (χ2n) is 4.90. The summed E-state index contributed by atoms with van der Waals surface area (Å²) in [5.74, 6) is 0.232. The number of aromatic nitrogens is 2. The van der Waals surface area contributed by atoms with Gasteiger partial charge in [-0.2, -0.15) is 21.2 Å². The van der Waals surface area contributed by atoms with E-state index < -0.39 is 15.8 Å². The summed E-state index contributed by atoms with van der Waals surface area (Å²) in [4.78, 5) is 0.0474. The third-order valence-corrected chi connectivity index (χ3v) is 6.10. The summed E-state index contributed by atoms with van der Waals surface area (Å²) in [5, 5.41) is 3.97. The lowest BCUT2D eigenvalue weighted by Crippen LogP contribution is -2.36. The number of para-hydroxylation sites is 1. The molecule has 0 aliphatic carbocycles. The Kier molecular flexibility index (Phi) is 5.25. The van der Waals surface area contributed by atoms with Crippen LogP contribution < -0.4 is 0 Å². The first-order chi connectivity index (χ1) is 10.4. The highest BCUT2D eigenvalue weighted by molar-refractivity contribution is 7.98. The summed E-state index contributed by atoms with van der Waals surface area (Å²) in [5.41, 5.74) is 0.212. The number of nitrogens with zero attached hydrogens (tertiary/aromatic N) is 3. The number of sulfonamides is 1. The maximum absolute atomic E-state index is 13.7. The van der Waals surface area contributed by atoms with E-state index in [0.717, 1.165) is 0 Å². The summed E-state index contributed by atoms with van der Waals surface area (Å²) in [6.45, 7) is 1.84. The number of benzene rings is 1. The summed E-state index contributed by atoms with van der Waals surface area (Å²) < 4.78 is 41.4. The third kappa shape index (κ3) is 3.34. The normalized spacial score (nSPS) is 13.5. The highest BCUT2D eigenvalue weighted by Crippen LogP contribution is 2.20. The van der Waals surface area contributed by atoms with Crippen molar-refractivity contribution in [3.05, 3.63) is 42.5 Å². The molecule has 1 aromatic carbocycles. The van der Waals surface area contributed by atoms with Gasteiger partial charge in [-0.25, -0.2) is 17.5 Å². The van der Waals surface area contributed by atoms with Crippen molar-refractivity contribution < 1.29 is 12.8 Å².